The Morgan fingerprint density at radius 2 is 1.92 bits per heavy atom. The van der Waals surface area contributed by atoms with E-state index in [2.05, 4.69) is 16.9 Å². The molecule has 24 heavy (non-hydrogen) atoms. The molecule has 1 aliphatic heterocycles. The smallest absolute Gasteiger partial charge is 0.410 e. The standard InChI is InChI=1S/C17H26ClN3O3/c1-12(2)24-17(22)21-7-4-14(5-8-21)13(3)6-9-23-15-10-19-16(18)20-11-15/h10-14H,4-9H2,1-3H3. The van der Waals surface area contributed by atoms with E-state index >= 15 is 0 Å². The molecule has 0 bridgehead atoms. The third-order valence-electron chi connectivity index (χ3n) is 4.38. The molecule has 0 N–H and O–H groups in total. The van der Waals surface area contributed by atoms with Crippen LogP contribution in [0.3, 0.4) is 0 Å². The zero-order chi connectivity index (χ0) is 17.5. The molecule has 1 aliphatic rings. The first kappa shape index (κ1) is 18.8. The lowest BCUT2D eigenvalue weighted by atomic mass is 9.84. The topological polar surface area (TPSA) is 64.5 Å². The highest BCUT2D eigenvalue weighted by Crippen LogP contribution is 2.27. The number of ether oxygens (including phenoxy) is 2. The van der Waals surface area contributed by atoms with Gasteiger partial charge < -0.3 is 14.4 Å². The van der Waals surface area contributed by atoms with Gasteiger partial charge in [0, 0.05) is 13.1 Å². The number of hydrogen-bond donors (Lipinski definition) is 0. The molecule has 0 spiro atoms. The van der Waals surface area contributed by atoms with Crippen molar-refractivity contribution in [3.05, 3.63) is 17.7 Å². The van der Waals surface area contributed by atoms with Crippen LogP contribution in [0.4, 0.5) is 4.79 Å². The number of carbonyl (C=O) groups is 1. The van der Waals surface area contributed by atoms with Crippen molar-refractivity contribution >= 4 is 17.7 Å². The second-order valence-corrected chi connectivity index (χ2v) is 6.90. The number of aromatic nitrogens is 2. The van der Waals surface area contributed by atoms with Gasteiger partial charge in [0.25, 0.3) is 0 Å². The molecule has 1 amide bonds. The van der Waals surface area contributed by atoms with Crippen molar-refractivity contribution in [3.63, 3.8) is 0 Å². The lowest BCUT2D eigenvalue weighted by molar-refractivity contribution is 0.0597. The first-order chi connectivity index (χ1) is 11.5. The fourth-order valence-corrected chi connectivity index (χ4v) is 3.00. The monoisotopic (exact) mass is 355 g/mol. The second-order valence-electron chi connectivity index (χ2n) is 6.56. The van der Waals surface area contributed by atoms with E-state index in [9.17, 15) is 4.79 Å². The normalized spacial score (nSPS) is 17.0. The van der Waals surface area contributed by atoms with Crippen molar-refractivity contribution in [2.75, 3.05) is 19.7 Å². The van der Waals surface area contributed by atoms with E-state index < -0.39 is 0 Å². The number of hydrogen-bond acceptors (Lipinski definition) is 5. The number of nitrogens with zero attached hydrogens (tertiary/aromatic N) is 3. The van der Waals surface area contributed by atoms with Crippen LogP contribution in [0, 0.1) is 11.8 Å². The third kappa shape index (κ3) is 5.82. The van der Waals surface area contributed by atoms with E-state index in [1.807, 2.05) is 18.7 Å². The molecule has 1 aromatic heterocycles. The summed E-state index contributed by atoms with van der Waals surface area (Å²) in [7, 11) is 0. The van der Waals surface area contributed by atoms with Gasteiger partial charge in [-0.05, 0) is 56.5 Å². The van der Waals surface area contributed by atoms with Gasteiger partial charge >= 0.3 is 6.09 Å². The molecule has 1 saturated heterocycles. The van der Waals surface area contributed by atoms with Crippen LogP contribution in [-0.4, -0.2) is 46.8 Å². The molecule has 0 radical (unpaired) electrons. The first-order valence-corrected chi connectivity index (χ1v) is 8.89. The maximum atomic E-state index is 11.9. The van der Waals surface area contributed by atoms with Crippen molar-refractivity contribution in [2.24, 2.45) is 11.8 Å². The van der Waals surface area contributed by atoms with Crippen molar-refractivity contribution in [3.8, 4) is 5.75 Å². The number of piperidine rings is 1. The molecule has 0 aromatic carbocycles. The molecule has 7 heteroatoms. The van der Waals surface area contributed by atoms with Crippen LogP contribution < -0.4 is 4.74 Å². The van der Waals surface area contributed by atoms with Crippen LogP contribution in [-0.2, 0) is 4.74 Å². The highest BCUT2D eigenvalue weighted by atomic mass is 35.5. The average molecular weight is 356 g/mol. The zero-order valence-corrected chi connectivity index (χ0v) is 15.3. The Labute approximate surface area is 148 Å². The quantitative estimate of drug-likeness (QED) is 0.726. The van der Waals surface area contributed by atoms with Gasteiger partial charge in [0.05, 0.1) is 25.1 Å². The Morgan fingerprint density at radius 3 is 2.50 bits per heavy atom. The van der Waals surface area contributed by atoms with Gasteiger partial charge in [-0.2, -0.15) is 0 Å². The molecule has 1 unspecified atom stereocenters. The van der Waals surface area contributed by atoms with Crippen LogP contribution in [0.5, 0.6) is 5.75 Å². The summed E-state index contributed by atoms with van der Waals surface area (Å²) in [4.78, 5) is 21.5. The molecule has 2 heterocycles. The molecule has 134 valence electrons. The van der Waals surface area contributed by atoms with E-state index in [0.717, 1.165) is 32.4 Å². The van der Waals surface area contributed by atoms with E-state index in [1.54, 1.807) is 12.4 Å². The number of likely N-dealkylation sites (tertiary alicyclic amines) is 1. The minimum Gasteiger partial charge on any atom is -0.490 e. The Hall–Kier alpha value is -1.56. The van der Waals surface area contributed by atoms with Crippen LogP contribution in [0.1, 0.15) is 40.0 Å². The molecule has 0 aliphatic carbocycles. The van der Waals surface area contributed by atoms with Gasteiger partial charge in [-0.1, -0.05) is 6.92 Å². The second kappa shape index (κ2) is 9.06. The SMILES string of the molecule is CC(C)OC(=O)N1CCC(C(C)CCOc2cnc(Cl)nc2)CC1. The minimum atomic E-state index is -0.192. The summed E-state index contributed by atoms with van der Waals surface area (Å²) in [6.07, 6.45) is 5.89. The number of rotatable bonds is 6. The lowest BCUT2D eigenvalue weighted by Crippen LogP contribution is -2.41. The van der Waals surface area contributed by atoms with Gasteiger partial charge in [-0.15, -0.1) is 0 Å². The van der Waals surface area contributed by atoms with Crippen molar-refractivity contribution in [1.82, 2.24) is 14.9 Å². The predicted octanol–water partition coefficient (Wildman–Crippen LogP) is 3.79. The Morgan fingerprint density at radius 1 is 1.29 bits per heavy atom. The van der Waals surface area contributed by atoms with Crippen LogP contribution in [0.15, 0.2) is 12.4 Å². The summed E-state index contributed by atoms with van der Waals surface area (Å²) in [5.74, 6) is 1.79. The first-order valence-electron chi connectivity index (χ1n) is 8.51. The van der Waals surface area contributed by atoms with E-state index in [1.165, 1.54) is 0 Å². The van der Waals surface area contributed by atoms with Crippen LogP contribution in [0.2, 0.25) is 5.28 Å². The molecular formula is C17H26ClN3O3. The highest BCUT2D eigenvalue weighted by molar-refractivity contribution is 6.28. The summed E-state index contributed by atoms with van der Waals surface area (Å²) in [6, 6.07) is 0. The highest BCUT2D eigenvalue weighted by Gasteiger charge is 2.27. The van der Waals surface area contributed by atoms with Crippen molar-refractivity contribution in [1.29, 1.82) is 0 Å². The van der Waals surface area contributed by atoms with E-state index in [0.29, 0.717) is 24.2 Å². The van der Waals surface area contributed by atoms with Gasteiger partial charge in [0.2, 0.25) is 5.28 Å². The Balaban J connectivity index is 1.68. The molecular weight excluding hydrogens is 330 g/mol. The van der Waals surface area contributed by atoms with Gasteiger partial charge in [0.15, 0.2) is 5.75 Å². The largest absolute Gasteiger partial charge is 0.490 e. The summed E-state index contributed by atoms with van der Waals surface area (Å²) < 4.78 is 10.9. The summed E-state index contributed by atoms with van der Waals surface area (Å²) >= 11 is 5.64. The Bertz CT molecular complexity index is 516. The van der Waals surface area contributed by atoms with E-state index in [-0.39, 0.29) is 17.5 Å². The molecule has 1 fully saturated rings. The number of carbonyl (C=O) groups excluding carboxylic acids is 1. The molecule has 1 atom stereocenters. The molecule has 0 saturated carbocycles. The molecule has 2 rings (SSSR count). The third-order valence-corrected chi connectivity index (χ3v) is 4.57. The van der Waals surface area contributed by atoms with Crippen molar-refractivity contribution in [2.45, 2.75) is 46.1 Å². The van der Waals surface area contributed by atoms with Gasteiger partial charge in [-0.3, -0.25) is 0 Å². The van der Waals surface area contributed by atoms with Crippen molar-refractivity contribution < 1.29 is 14.3 Å². The van der Waals surface area contributed by atoms with Crippen LogP contribution in [0.25, 0.3) is 0 Å². The van der Waals surface area contributed by atoms with E-state index in [4.69, 9.17) is 21.1 Å². The number of amides is 1. The summed E-state index contributed by atoms with van der Waals surface area (Å²) in [6.45, 7) is 8.16. The fourth-order valence-electron chi connectivity index (χ4n) is 2.90. The average Bonchev–Trinajstić information content (AvgIpc) is 2.56. The van der Waals surface area contributed by atoms with Gasteiger partial charge in [-0.25, -0.2) is 14.8 Å². The summed E-state index contributed by atoms with van der Waals surface area (Å²) in [5, 5.41) is 0.221. The molecule has 1 aromatic rings. The lowest BCUT2D eigenvalue weighted by Gasteiger charge is -2.34. The molecule has 6 nitrogen and oxygen atoms in total. The number of halogens is 1. The Kier molecular flexibility index (Phi) is 7.09. The zero-order valence-electron chi connectivity index (χ0n) is 14.6. The summed E-state index contributed by atoms with van der Waals surface area (Å²) in [5.41, 5.74) is 0. The van der Waals surface area contributed by atoms with Crippen LogP contribution >= 0.6 is 11.6 Å². The minimum absolute atomic E-state index is 0.0665. The maximum Gasteiger partial charge on any atom is 0.410 e. The van der Waals surface area contributed by atoms with Gasteiger partial charge in [0.1, 0.15) is 0 Å². The predicted molar refractivity (Wildman–Crippen MR) is 92.2 cm³/mol. The maximum absolute atomic E-state index is 11.9. The fraction of sp³-hybridized carbons (Fsp3) is 0.706.